The second-order valence-corrected chi connectivity index (χ2v) is 5.20. The molecule has 0 saturated heterocycles. The number of fused-ring (bicyclic) bond motifs is 1. The number of aryl methyl sites for hydroxylation is 1. The van der Waals surface area contributed by atoms with Gasteiger partial charge in [-0.05, 0) is 30.2 Å². The summed E-state index contributed by atoms with van der Waals surface area (Å²) in [5, 5.41) is 2.67. The molecule has 1 aliphatic heterocycles. The second-order valence-electron chi connectivity index (χ2n) is 3.49. The summed E-state index contributed by atoms with van der Waals surface area (Å²) in [6.07, 6.45) is 0.904. The molecule has 16 heavy (non-hydrogen) atoms. The maximum absolute atomic E-state index is 11.4. The summed E-state index contributed by atoms with van der Waals surface area (Å²) in [6, 6.07) is 4.49. The Morgan fingerprint density at radius 3 is 2.75 bits per heavy atom. The quantitative estimate of drug-likeness (QED) is 0.489. The van der Waals surface area contributed by atoms with Gasteiger partial charge in [0.15, 0.2) is 0 Å². The Hall–Kier alpha value is -1.44. The zero-order valence-corrected chi connectivity index (χ0v) is 9.17. The third-order valence-corrected chi connectivity index (χ3v) is 3.62. The molecule has 6 nitrogen and oxygen atoms in total. The van der Waals surface area contributed by atoms with E-state index < -0.39 is 10.0 Å². The van der Waals surface area contributed by atoms with Crippen molar-refractivity contribution >= 4 is 21.6 Å². The largest absolute Gasteiger partial charge is 0.326 e. The molecule has 0 spiro atoms. The Kier molecular flexibility index (Phi) is 2.66. The molecule has 0 atom stereocenters. The van der Waals surface area contributed by atoms with Crippen LogP contribution in [0.4, 0.5) is 5.69 Å². The lowest BCUT2D eigenvalue weighted by Crippen LogP contribution is -2.30. The molecule has 1 amide bonds. The Morgan fingerprint density at radius 1 is 1.31 bits per heavy atom. The first kappa shape index (κ1) is 11.1. The molecular formula is C9H11N3O3S. The third-order valence-electron chi connectivity index (χ3n) is 2.44. The molecule has 0 radical (unpaired) electrons. The number of nitrogens with one attached hydrogen (secondary N) is 2. The molecule has 1 aromatic rings. The predicted molar refractivity (Wildman–Crippen MR) is 57.9 cm³/mol. The summed E-state index contributed by atoms with van der Waals surface area (Å²) < 4.78 is 22.9. The number of amides is 1. The molecular weight excluding hydrogens is 230 g/mol. The van der Waals surface area contributed by atoms with Crippen molar-refractivity contribution in [1.29, 1.82) is 0 Å². The molecule has 2 rings (SSSR count). The zero-order valence-electron chi connectivity index (χ0n) is 8.36. The number of rotatable bonds is 2. The van der Waals surface area contributed by atoms with Crippen molar-refractivity contribution in [2.24, 2.45) is 5.84 Å². The average molecular weight is 241 g/mol. The van der Waals surface area contributed by atoms with Gasteiger partial charge in [0.05, 0.1) is 4.90 Å². The summed E-state index contributed by atoms with van der Waals surface area (Å²) >= 11 is 0. The van der Waals surface area contributed by atoms with Gasteiger partial charge in [-0.3, -0.25) is 10.6 Å². The highest BCUT2D eigenvalue weighted by atomic mass is 32.2. The maximum Gasteiger partial charge on any atom is 0.253 e. The van der Waals surface area contributed by atoms with Crippen molar-refractivity contribution in [3.63, 3.8) is 0 Å². The van der Waals surface area contributed by atoms with Crippen molar-refractivity contribution in [3.05, 3.63) is 23.8 Å². The summed E-state index contributed by atoms with van der Waals surface area (Å²) in [4.78, 5) is 13.0. The van der Waals surface area contributed by atoms with Gasteiger partial charge in [0, 0.05) is 12.1 Å². The molecule has 7 heteroatoms. The molecule has 0 aliphatic carbocycles. The number of carbonyl (C=O) groups is 1. The van der Waals surface area contributed by atoms with Crippen molar-refractivity contribution in [3.8, 4) is 0 Å². The van der Waals surface area contributed by atoms with Gasteiger partial charge in [-0.2, -0.15) is 4.83 Å². The lowest BCUT2D eigenvalue weighted by molar-refractivity contribution is -0.116. The number of benzene rings is 1. The molecule has 1 aliphatic rings. The SMILES string of the molecule is NNS(=O)(=O)c1ccc2c(c1)CCC(=O)N2. The Labute approximate surface area is 92.9 Å². The summed E-state index contributed by atoms with van der Waals surface area (Å²) in [5.74, 6) is 4.87. The van der Waals surface area contributed by atoms with Crippen LogP contribution in [-0.4, -0.2) is 14.3 Å². The number of anilines is 1. The fourth-order valence-electron chi connectivity index (χ4n) is 1.59. The van der Waals surface area contributed by atoms with E-state index in [9.17, 15) is 13.2 Å². The van der Waals surface area contributed by atoms with Crippen LogP contribution >= 0.6 is 0 Å². The molecule has 0 saturated carbocycles. The van der Waals surface area contributed by atoms with Crippen LogP contribution in [0.3, 0.4) is 0 Å². The molecule has 4 N–H and O–H groups in total. The van der Waals surface area contributed by atoms with Crippen LogP contribution in [-0.2, 0) is 21.2 Å². The molecule has 0 aromatic heterocycles. The van der Waals surface area contributed by atoms with Crippen LogP contribution < -0.4 is 16.0 Å². The van der Waals surface area contributed by atoms with E-state index >= 15 is 0 Å². The summed E-state index contributed by atoms with van der Waals surface area (Å²) in [6.45, 7) is 0. The lowest BCUT2D eigenvalue weighted by Gasteiger charge is -2.17. The van der Waals surface area contributed by atoms with Crippen LogP contribution in [0.5, 0.6) is 0 Å². The van der Waals surface area contributed by atoms with Gasteiger partial charge in [-0.1, -0.05) is 0 Å². The summed E-state index contributed by atoms with van der Waals surface area (Å²) in [5.41, 5.74) is 1.46. The van der Waals surface area contributed by atoms with E-state index in [0.29, 0.717) is 18.5 Å². The normalized spacial score (nSPS) is 15.4. The van der Waals surface area contributed by atoms with Gasteiger partial charge in [0.25, 0.3) is 10.0 Å². The minimum absolute atomic E-state index is 0.0555. The maximum atomic E-state index is 11.4. The minimum Gasteiger partial charge on any atom is -0.326 e. The molecule has 0 fully saturated rings. The van der Waals surface area contributed by atoms with Crippen LogP contribution in [0.2, 0.25) is 0 Å². The van der Waals surface area contributed by atoms with E-state index in [2.05, 4.69) is 5.32 Å². The lowest BCUT2D eigenvalue weighted by atomic mass is 10.0. The first-order valence-corrected chi connectivity index (χ1v) is 6.16. The van der Waals surface area contributed by atoms with Crippen molar-refractivity contribution in [2.75, 3.05) is 5.32 Å². The standard InChI is InChI=1S/C9H11N3O3S/c10-12-16(14,15)7-2-3-8-6(5-7)1-4-9(13)11-8/h2-3,5,12H,1,4,10H2,(H,11,13). The Balaban J connectivity index is 2.45. The van der Waals surface area contributed by atoms with E-state index in [1.165, 1.54) is 12.1 Å². The molecule has 0 bridgehead atoms. The molecule has 1 heterocycles. The summed E-state index contributed by atoms with van der Waals surface area (Å²) in [7, 11) is -3.63. The number of carbonyl (C=O) groups excluding carboxylic acids is 1. The average Bonchev–Trinajstić information content (AvgIpc) is 2.28. The Bertz CT molecular complexity index is 539. The van der Waals surface area contributed by atoms with E-state index in [1.807, 2.05) is 0 Å². The van der Waals surface area contributed by atoms with Crippen LogP contribution in [0.1, 0.15) is 12.0 Å². The number of sulfonamides is 1. The van der Waals surface area contributed by atoms with Crippen molar-refractivity contribution in [2.45, 2.75) is 17.7 Å². The number of hydrogen-bond acceptors (Lipinski definition) is 4. The third kappa shape index (κ3) is 1.92. The van der Waals surface area contributed by atoms with Crippen molar-refractivity contribution < 1.29 is 13.2 Å². The first-order valence-electron chi connectivity index (χ1n) is 4.68. The van der Waals surface area contributed by atoms with Gasteiger partial charge < -0.3 is 5.32 Å². The first-order chi connectivity index (χ1) is 7.53. The van der Waals surface area contributed by atoms with Gasteiger partial charge in [0.1, 0.15) is 0 Å². The Morgan fingerprint density at radius 2 is 2.06 bits per heavy atom. The topological polar surface area (TPSA) is 101 Å². The highest BCUT2D eigenvalue weighted by Crippen LogP contribution is 2.25. The van der Waals surface area contributed by atoms with E-state index in [1.54, 1.807) is 10.9 Å². The highest BCUT2D eigenvalue weighted by Gasteiger charge is 2.18. The van der Waals surface area contributed by atoms with Gasteiger partial charge in [-0.15, -0.1) is 0 Å². The fraction of sp³-hybridized carbons (Fsp3) is 0.222. The smallest absolute Gasteiger partial charge is 0.253 e. The van der Waals surface area contributed by atoms with E-state index in [0.717, 1.165) is 5.56 Å². The van der Waals surface area contributed by atoms with E-state index in [4.69, 9.17) is 5.84 Å². The van der Waals surface area contributed by atoms with E-state index in [-0.39, 0.29) is 10.8 Å². The minimum atomic E-state index is -3.63. The van der Waals surface area contributed by atoms with Crippen LogP contribution in [0, 0.1) is 0 Å². The fourth-order valence-corrected chi connectivity index (χ4v) is 2.28. The predicted octanol–water partition coefficient (Wildman–Crippen LogP) is -0.277. The number of hydrogen-bond donors (Lipinski definition) is 3. The molecule has 86 valence electrons. The second kappa shape index (κ2) is 3.85. The number of nitrogens with two attached hydrogens (primary N) is 1. The van der Waals surface area contributed by atoms with Crippen molar-refractivity contribution in [1.82, 2.24) is 4.83 Å². The van der Waals surface area contributed by atoms with Crippen LogP contribution in [0.25, 0.3) is 0 Å². The number of hydrazine groups is 1. The highest BCUT2D eigenvalue weighted by molar-refractivity contribution is 7.89. The monoisotopic (exact) mass is 241 g/mol. The molecule has 1 aromatic carbocycles. The van der Waals surface area contributed by atoms with Gasteiger partial charge in [-0.25, -0.2) is 8.42 Å². The zero-order chi connectivity index (χ0) is 11.8. The molecule has 0 unspecified atom stereocenters. The van der Waals surface area contributed by atoms with Gasteiger partial charge in [0.2, 0.25) is 5.91 Å². The van der Waals surface area contributed by atoms with Gasteiger partial charge >= 0.3 is 0 Å². The van der Waals surface area contributed by atoms with Crippen LogP contribution in [0.15, 0.2) is 23.1 Å².